The molecule has 0 bridgehead atoms. The Hall–Kier alpha value is -0.740. The Labute approximate surface area is 99.2 Å². The lowest BCUT2D eigenvalue weighted by molar-refractivity contribution is 0.427. The van der Waals surface area contributed by atoms with E-state index < -0.39 is 23.5 Å². The molecule has 2 N–H and O–H groups in total. The Morgan fingerprint density at radius 2 is 1.62 bits per heavy atom. The number of hydrogen-bond acceptors (Lipinski definition) is 1. The molecular weight excluding hydrogens is 239 g/mol. The van der Waals surface area contributed by atoms with Crippen molar-refractivity contribution in [2.24, 2.45) is 11.7 Å². The summed E-state index contributed by atoms with van der Waals surface area (Å²) < 4.78 is 38.8. The van der Waals surface area contributed by atoms with Gasteiger partial charge in [-0.3, -0.25) is 0 Å². The zero-order valence-corrected chi connectivity index (χ0v) is 9.95. The average Bonchev–Trinajstić information content (AvgIpc) is 2.21. The number of hydrogen-bond donors (Lipinski definition) is 1. The van der Waals surface area contributed by atoms with Crippen LogP contribution in [0.2, 0.25) is 0 Å². The molecule has 1 rings (SSSR count). The predicted octanol–water partition coefficient (Wildman–Crippen LogP) is 3.57. The number of halogens is 4. The van der Waals surface area contributed by atoms with Crippen LogP contribution in [0.5, 0.6) is 0 Å². The van der Waals surface area contributed by atoms with Gasteiger partial charge in [-0.15, -0.1) is 12.4 Å². The van der Waals surface area contributed by atoms with Crippen molar-refractivity contribution >= 4 is 12.4 Å². The molecule has 0 saturated carbocycles. The van der Waals surface area contributed by atoms with Crippen molar-refractivity contribution in [3.05, 3.63) is 35.1 Å². The fraction of sp³-hybridized carbons (Fsp3) is 0.455. The third-order valence-corrected chi connectivity index (χ3v) is 2.66. The van der Waals surface area contributed by atoms with Gasteiger partial charge in [0.25, 0.3) is 0 Å². The number of rotatable bonds is 3. The molecule has 1 nitrogen and oxygen atoms in total. The molecule has 0 aromatic heterocycles. The molecule has 0 aliphatic carbocycles. The highest BCUT2D eigenvalue weighted by molar-refractivity contribution is 5.85. The molecular formula is C11H15ClF3N. The van der Waals surface area contributed by atoms with E-state index in [9.17, 15) is 13.2 Å². The van der Waals surface area contributed by atoms with Crippen LogP contribution in [0.4, 0.5) is 13.2 Å². The third-order valence-electron chi connectivity index (χ3n) is 2.66. The SMILES string of the molecule is CCC(C)[C@@H](N)c1cc(F)c(F)cc1F.Cl. The summed E-state index contributed by atoms with van der Waals surface area (Å²) in [6, 6.07) is 0.763. The standard InChI is InChI=1S/C11H14F3N.ClH/c1-3-6(2)11(15)7-4-9(13)10(14)5-8(7)12;/h4-6,11H,3,15H2,1-2H3;1H/t6?,11-;/m1./s1. The molecule has 1 unspecified atom stereocenters. The largest absolute Gasteiger partial charge is 0.324 e. The van der Waals surface area contributed by atoms with E-state index in [1.54, 1.807) is 0 Å². The summed E-state index contributed by atoms with van der Waals surface area (Å²) in [6.45, 7) is 3.74. The first kappa shape index (κ1) is 15.3. The smallest absolute Gasteiger partial charge is 0.161 e. The van der Waals surface area contributed by atoms with E-state index >= 15 is 0 Å². The summed E-state index contributed by atoms with van der Waals surface area (Å²) in [4.78, 5) is 0. The van der Waals surface area contributed by atoms with E-state index in [4.69, 9.17) is 5.73 Å². The summed E-state index contributed by atoms with van der Waals surface area (Å²) in [6.07, 6.45) is 0.750. The summed E-state index contributed by atoms with van der Waals surface area (Å²) in [7, 11) is 0. The van der Waals surface area contributed by atoms with Crippen molar-refractivity contribution in [3.63, 3.8) is 0 Å². The van der Waals surface area contributed by atoms with E-state index in [-0.39, 0.29) is 23.9 Å². The highest BCUT2D eigenvalue weighted by Crippen LogP contribution is 2.25. The highest BCUT2D eigenvalue weighted by Gasteiger charge is 2.19. The molecule has 0 saturated heterocycles. The maximum Gasteiger partial charge on any atom is 0.161 e. The maximum absolute atomic E-state index is 13.3. The maximum atomic E-state index is 13.3. The third kappa shape index (κ3) is 3.12. The van der Waals surface area contributed by atoms with Crippen molar-refractivity contribution in [1.29, 1.82) is 0 Å². The van der Waals surface area contributed by atoms with Gasteiger partial charge in [-0.1, -0.05) is 20.3 Å². The van der Waals surface area contributed by atoms with E-state index in [1.807, 2.05) is 13.8 Å². The molecule has 0 spiro atoms. The number of benzene rings is 1. The predicted molar refractivity (Wildman–Crippen MR) is 59.9 cm³/mol. The van der Waals surface area contributed by atoms with Gasteiger partial charge < -0.3 is 5.73 Å². The molecule has 0 fully saturated rings. The molecule has 0 heterocycles. The molecule has 0 radical (unpaired) electrons. The van der Waals surface area contributed by atoms with Crippen LogP contribution in [-0.2, 0) is 0 Å². The highest BCUT2D eigenvalue weighted by atomic mass is 35.5. The minimum absolute atomic E-state index is 0. The average molecular weight is 254 g/mol. The first-order valence-electron chi connectivity index (χ1n) is 4.87. The van der Waals surface area contributed by atoms with Gasteiger partial charge in [-0.2, -0.15) is 0 Å². The molecule has 92 valence electrons. The Bertz CT molecular complexity index is 357. The van der Waals surface area contributed by atoms with Crippen molar-refractivity contribution in [2.75, 3.05) is 0 Å². The van der Waals surface area contributed by atoms with Crippen molar-refractivity contribution in [2.45, 2.75) is 26.3 Å². The molecule has 1 aromatic carbocycles. The lowest BCUT2D eigenvalue weighted by atomic mass is 9.93. The van der Waals surface area contributed by atoms with Gasteiger partial charge in [-0.25, -0.2) is 13.2 Å². The molecule has 0 amide bonds. The zero-order valence-electron chi connectivity index (χ0n) is 9.14. The second-order valence-corrected chi connectivity index (χ2v) is 3.70. The Kier molecular flexibility index (Phi) is 5.83. The normalized spacial score (nSPS) is 14.1. The minimum atomic E-state index is -1.19. The van der Waals surface area contributed by atoms with Crippen molar-refractivity contribution in [1.82, 2.24) is 0 Å². The minimum Gasteiger partial charge on any atom is -0.324 e. The first-order valence-corrected chi connectivity index (χ1v) is 4.87. The summed E-state index contributed by atoms with van der Waals surface area (Å²) in [5.41, 5.74) is 5.77. The van der Waals surface area contributed by atoms with Crippen LogP contribution in [0.1, 0.15) is 31.9 Å². The molecule has 16 heavy (non-hydrogen) atoms. The zero-order chi connectivity index (χ0) is 11.6. The fourth-order valence-corrected chi connectivity index (χ4v) is 1.35. The van der Waals surface area contributed by atoms with Crippen LogP contribution >= 0.6 is 12.4 Å². The topological polar surface area (TPSA) is 26.0 Å². The van der Waals surface area contributed by atoms with Gasteiger partial charge in [-0.05, 0) is 12.0 Å². The van der Waals surface area contributed by atoms with E-state index in [0.29, 0.717) is 6.07 Å². The van der Waals surface area contributed by atoms with Gasteiger partial charge in [0.15, 0.2) is 11.6 Å². The Morgan fingerprint density at radius 1 is 1.12 bits per heavy atom. The second-order valence-electron chi connectivity index (χ2n) is 3.70. The lowest BCUT2D eigenvalue weighted by Crippen LogP contribution is -2.20. The van der Waals surface area contributed by atoms with Crippen LogP contribution in [-0.4, -0.2) is 0 Å². The number of nitrogens with two attached hydrogens (primary N) is 1. The second kappa shape index (κ2) is 6.11. The quantitative estimate of drug-likeness (QED) is 0.819. The van der Waals surface area contributed by atoms with Crippen LogP contribution in [0.15, 0.2) is 12.1 Å². The van der Waals surface area contributed by atoms with Crippen LogP contribution in [0.25, 0.3) is 0 Å². The molecule has 5 heteroatoms. The molecule has 0 aliphatic heterocycles. The fourth-order valence-electron chi connectivity index (χ4n) is 1.35. The first-order chi connectivity index (χ1) is 6.97. The van der Waals surface area contributed by atoms with Crippen LogP contribution in [0, 0.1) is 23.4 Å². The Balaban J connectivity index is 0.00000225. The molecule has 2 atom stereocenters. The van der Waals surface area contributed by atoms with Crippen molar-refractivity contribution in [3.8, 4) is 0 Å². The summed E-state index contributed by atoms with van der Waals surface area (Å²) in [5, 5.41) is 0. The van der Waals surface area contributed by atoms with Gasteiger partial charge in [0, 0.05) is 17.7 Å². The van der Waals surface area contributed by atoms with E-state index in [1.165, 1.54) is 0 Å². The van der Waals surface area contributed by atoms with E-state index in [2.05, 4.69) is 0 Å². The van der Waals surface area contributed by atoms with Gasteiger partial charge in [0.2, 0.25) is 0 Å². The van der Waals surface area contributed by atoms with Gasteiger partial charge >= 0.3 is 0 Å². The van der Waals surface area contributed by atoms with Crippen LogP contribution in [0.3, 0.4) is 0 Å². The van der Waals surface area contributed by atoms with Crippen molar-refractivity contribution < 1.29 is 13.2 Å². The monoisotopic (exact) mass is 253 g/mol. The van der Waals surface area contributed by atoms with Gasteiger partial charge in [0.1, 0.15) is 5.82 Å². The molecule has 0 aliphatic rings. The molecule has 1 aromatic rings. The van der Waals surface area contributed by atoms with Crippen LogP contribution < -0.4 is 5.73 Å². The summed E-state index contributed by atoms with van der Waals surface area (Å²) in [5.74, 6) is -3.02. The lowest BCUT2D eigenvalue weighted by Gasteiger charge is -2.19. The van der Waals surface area contributed by atoms with E-state index in [0.717, 1.165) is 12.5 Å². The van der Waals surface area contributed by atoms with Gasteiger partial charge in [0.05, 0.1) is 0 Å². The Morgan fingerprint density at radius 3 is 2.12 bits per heavy atom. The summed E-state index contributed by atoms with van der Waals surface area (Å²) >= 11 is 0.